The first-order valence-corrected chi connectivity index (χ1v) is 9.51. The average molecular weight is 402 g/mol. The van der Waals surface area contributed by atoms with Crippen LogP contribution in [0.3, 0.4) is 0 Å². The van der Waals surface area contributed by atoms with Gasteiger partial charge in [-0.1, -0.05) is 28.1 Å². The van der Waals surface area contributed by atoms with E-state index in [1.807, 2.05) is 36.4 Å². The Balaban J connectivity index is 1.52. The third kappa shape index (κ3) is 4.93. The molecule has 1 aliphatic rings. The van der Waals surface area contributed by atoms with Crippen molar-refractivity contribution in [2.75, 3.05) is 27.2 Å². The maximum Gasteiger partial charge on any atom is 0.166 e. The Bertz CT molecular complexity index is 710. The van der Waals surface area contributed by atoms with Crippen molar-refractivity contribution in [3.63, 3.8) is 0 Å². The number of nitrogens with zero attached hydrogens (tertiary/aromatic N) is 1. The van der Waals surface area contributed by atoms with Crippen LogP contribution >= 0.6 is 15.9 Å². The minimum Gasteiger partial charge on any atom is -0.494 e. The Kier molecular flexibility index (Phi) is 5.92. The fraction of sp³-hybridized carbons (Fsp3) is 0.381. The molecular weight excluding hydrogens is 378 g/mol. The smallest absolute Gasteiger partial charge is 0.166 e. The number of carbonyl (C=O) groups is 1. The third-order valence-electron chi connectivity index (χ3n) is 4.58. The van der Waals surface area contributed by atoms with Crippen molar-refractivity contribution in [3.05, 3.63) is 64.1 Å². The second kappa shape index (κ2) is 8.15. The van der Waals surface area contributed by atoms with E-state index in [-0.39, 0.29) is 11.7 Å². The molecule has 0 amide bonds. The molecular formula is C21H24BrNO2. The zero-order valence-corrected chi connectivity index (χ0v) is 16.3. The Morgan fingerprint density at radius 3 is 2.44 bits per heavy atom. The summed E-state index contributed by atoms with van der Waals surface area (Å²) in [6.45, 7) is 1.70. The summed E-state index contributed by atoms with van der Waals surface area (Å²) in [5.41, 5.74) is 2.03. The number of rotatable bonds is 8. The van der Waals surface area contributed by atoms with Crippen molar-refractivity contribution < 1.29 is 9.53 Å². The van der Waals surface area contributed by atoms with Gasteiger partial charge in [-0.05, 0) is 74.8 Å². The predicted molar refractivity (Wildman–Crippen MR) is 104 cm³/mol. The van der Waals surface area contributed by atoms with Gasteiger partial charge >= 0.3 is 0 Å². The molecule has 0 heterocycles. The van der Waals surface area contributed by atoms with E-state index in [1.54, 1.807) is 0 Å². The van der Waals surface area contributed by atoms with Gasteiger partial charge in [-0.25, -0.2) is 0 Å². The van der Waals surface area contributed by atoms with Gasteiger partial charge in [-0.3, -0.25) is 4.79 Å². The molecule has 25 heavy (non-hydrogen) atoms. The van der Waals surface area contributed by atoms with Crippen LogP contribution in [-0.4, -0.2) is 37.9 Å². The summed E-state index contributed by atoms with van der Waals surface area (Å²) in [6.07, 6.45) is 1.94. The molecule has 1 saturated carbocycles. The maximum atomic E-state index is 12.6. The van der Waals surface area contributed by atoms with E-state index in [1.165, 1.54) is 5.56 Å². The van der Waals surface area contributed by atoms with Crippen LogP contribution < -0.4 is 4.74 Å². The summed E-state index contributed by atoms with van der Waals surface area (Å²) < 4.78 is 6.80. The molecule has 1 aliphatic carbocycles. The molecule has 0 saturated heterocycles. The van der Waals surface area contributed by atoms with Crippen molar-refractivity contribution in [3.8, 4) is 5.75 Å². The quantitative estimate of drug-likeness (QED) is 0.471. The van der Waals surface area contributed by atoms with E-state index in [9.17, 15) is 4.79 Å². The standard InChI is InChI=1S/C21H24BrNO2/c1-23(2)12-3-13-25-18-10-6-16(7-11-18)21(24)20-14-19(20)15-4-8-17(22)9-5-15/h4-11,19-20H,3,12-14H2,1-2H3. The molecule has 0 radical (unpaired) electrons. The summed E-state index contributed by atoms with van der Waals surface area (Å²) in [6, 6.07) is 15.9. The summed E-state index contributed by atoms with van der Waals surface area (Å²) in [4.78, 5) is 14.8. The van der Waals surface area contributed by atoms with Crippen molar-refractivity contribution >= 4 is 21.7 Å². The Hall–Kier alpha value is -1.65. The SMILES string of the molecule is CN(C)CCCOc1ccc(C(=O)C2CC2c2ccc(Br)cc2)cc1. The van der Waals surface area contributed by atoms with Gasteiger partial charge in [0.05, 0.1) is 6.61 Å². The van der Waals surface area contributed by atoms with Crippen LogP contribution in [0.4, 0.5) is 0 Å². The predicted octanol–water partition coefficient (Wildman–Crippen LogP) is 4.77. The van der Waals surface area contributed by atoms with E-state index < -0.39 is 0 Å². The first-order chi connectivity index (χ1) is 12.0. The number of Topliss-reactive ketones (excluding diaryl/α,β-unsaturated/α-hetero) is 1. The van der Waals surface area contributed by atoms with Crippen LogP contribution in [0, 0.1) is 5.92 Å². The second-order valence-corrected chi connectivity index (χ2v) is 7.81. The van der Waals surface area contributed by atoms with E-state index in [0.29, 0.717) is 12.5 Å². The van der Waals surface area contributed by atoms with Gasteiger partial charge in [-0.15, -0.1) is 0 Å². The highest BCUT2D eigenvalue weighted by Gasteiger charge is 2.43. The number of ketones is 1. The van der Waals surface area contributed by atoms with Gasteiger partial charge in [0.25, 0.3) is 0 Å². The molecule has 2 aromatic rings. The lowest BCUT2D eigenvalue weighted by Gasteiger charge is -2.10. The summed E-state index contributed by atoms with van der Waals surface area (Å²) in [5, 5.41) is 0. The molecule has 1 fully saturated rings. The van der Waals surface area contributed by atoms with E-state index in [0.717, 1.165) is 35.2 Å². The van der Waals surface area contributed by atoms with Gasteiger partial charge in [0, 0.05) is 22.5 Å². The fourth-order valence-electron chi connectivity index (χ4n) is 3.06. The number of ether oxygens (including phenoxy) is 1. The highest BCUT2D eigenvalue weighted by atomic mass is 79.9. The number of halogens is 1. The molecule has 2 unspecified atom stereocenters. The van der Waals surface area contributed by atoms with Gasteiger partial charge in [0.15, 0.2) is 5.78 Å². The largest absolute Gasteiger partial charge is 0.494 e. The Labute approximate surface area is 158 Å². The molecule has 0 N–H and O–H groups in total. The number of hydrogen-bond donors (Lipinski definition) is 0. The van der Waals surface area contributed by atoms with Crippen LogP contribution in [0.5, 0.6) is 5.75 Å². The molecule has 3 nitrogen and oxygen atoms in total. The summed E-state index contributed by atoms with van der Waals surface area (Å²) >= 11 is 3.45. The first-order valence-electron chi connectivity index (χ1n) is 8.72. The topological polar surface area (TPSA) is 29.5 Å². The van der Waals surface area contributed by atoms with Crippen molar-refractivity contribution in [1.29, 1.82) is 0 Å². The van der Waals surface area contributed by atoms with Crippen LogP contribution in [0.2, 0.25) is 0 Å². The monoisotopic (exact) mass is 401 g/mol. The Morgan fingerprint density at radius 2 is 1.80 bits per heavy atom. The lowest BCUT2D eigenvalue weighted by Crippen LogP contribution is -2.15. The number of carbonyl (C=O) groups excluding carboxylic acids is 1. The maximum absolute atomic E-state index is 12.6. The van der Waals surface area contributed by atoms with Crippen molar-refractivity contribution in [1.82, 2.24) is 4.90 Å². The van der Waals surface area contributed by atoms with Crippen LogP contribution in [0.25, 0.3) is 0 Å². The highest BCUT2D eigenvalue weighted by Crippen LogP contribution is 2.49. The molecule has 2 atom stereocenters. The highest BCUT2D eigenvalue weighted by molar-refractivity contribution is 9.10. The van der Waals surface area contributed by atoms with Gasteiger partial charge in [0.1, 0.15) is 5.75 Å². The zero-order valence-electron chi connectivity index (χ0n) is 14.7. The van der Waals surface area contributed by atoms with Gasteiger partial charge in [0.2, 0.25) is 0 Å². The Morgan fingerprint density at radius 1 is 1.12 bits per heavy atom. The van der Waals surface area contributed by atoms with Crippen molar-refractivity contribution in [2.45, 2.75) is 18.8 Å². The summed E-state index contributed by atoms with van der Waals surface area (Å²) in [7, 11) is 4.11. The average Bonchev–Trinajstić information content (AvgIpc) is 3.40. The second-order valence-electron chi connectivity index (χ2n) is 6.89. The molecule has 0 spiro atoms. The van der Waals surface area contributed by atoms with E-state index in [2.05, 4.69) is 47.1 Å². The van der Waals surface area contributed by atoms with Crippen LogP contribution in [0.1, 0.15) is 34.7 Å². The molecule has 2 aromatic carbocycles. The minimum atomic E-state index is 0.119. The number of benzene rings is 2. The zero-order chi connectivity index (χ0) is 17.8. The fourth-order valence-corrected chi connectivity index (χ4v) is 3.33. The van der Waals surface area contributed by atoms with E-state index >= 15 is 0 Å². The van der Waals surface area contributed by atoms with Crippen LogP contribution in [0.15, 0.2) is 53.0 Å². The number of hydrogen-bond acceptors (Lipinski definition) is 3. The molecule has 0 aliphatic heterocycles. The first kappa shape index (κ1) is 18.2. The lowest BCUT2D eigenvalue weighted by molar-refractivity contribution is 0.0965. The molecule has 4 heteroatoms. The lowest BCUT2D eigenvalue weighted by atomic mass is 10.0. The molecule has 132 valence electrons. The molecule has 0 aromatic heterocycles. The van der Waals surface area contributed by atoms with Crippen LogP contribution in [-0.2, 0) is 0 Å². The third-order valence-corrected chi connectivity index (χ3v) is 5.11. The normalized spacial score (nSPS) is 19.0. The summed E-state index contributed by atoms with van der Waals surface area (Å²) in [5.74, 6) is 1.55. The molecule has 0 bridgehead atoms. The molecule has 3 rings (SSSR count). The van der Waals surface area contributed by atoms with E-state index in [4.69, 9.17) is 4.74 Å². The minimum absolute atomic E-state index is 0.119. The van der Waals surface area contributed by atoms with Crippen molar-refractivity contribution in [2.24, 2.45) is 5.92 Å². The van der Waals surface area contributed by atoms with Gasteiger partial charge < -0.3 is 9.64 Å². The van der Waals surface area contributed by atoms with Gasteiger partial charge in [-0.2, -0.15) is 0 Å².